The molecule has 0 radical (unpaired) electrons. The predicted molar refractivity (Wildman–Crippen MR) is 99.3 cm³/mol. The van der Waals surface area contributed by atoms with Gasteiger partial charge in [-0.2, -0.15) is 0 Å². The summed E-state index contributed by atoms with van der Waals surface area (Å²) in [6.07, 6.45) is 9.33. The Morgan fingerprint density at radius 3 is 1.95 bits per heavy atom. The van der Waals surface area contributed by atoms with E-state index in [1.165, 1.54) is 0 Å². The molecular weight excluding hydrogens is 316 g/mol. The largest absolute Gasteiger partial charge is 0.377 e. The highest BCUT2D eigenvalue weighted by atomic mass is 32.1. The van der Waals surface area contributed by atoms with Crippen LogP contribution in [-0.4, -0.2) is 20.2 Å². The van der Waals surface area contributed by atoms with Crippen molar-refractivity contribution in [3.8, 4) is 0 Å². The van der Waals surface area contributed by atoms with E-state index in [4.69, 9.17) is 0 Å². The minimum atomic E-state index is 0.000000000000000222. The first-order chi connectivity index (χ1) is 10.4. The van der Waals surface area contributed by atoms with E-state index >= 15 is 0 Å². The summed E-state index contributed by atoms with van der Waals surface area (Å²) in [4.78, 5) is 8.21. The van der Waals surface area contributed by atoms with Crippen molar-refractivity contribution in [3.05, 3.63) is 60.2 Å². The molecule has 0 bridgehead atoms. The maximum absolute atomic E-state index is 4.62. The molecule has 2 aromatic heterocycles. The molecule has 0 aromatic carbocycles. The fourth-order valence-electron chi connectivity index (χ4n) is 1.13. The van der Waals surface area contributed by atoms with Gasteiger partial charge in [0.25, 0.3) is 0 Å². The second-order valence-electron chi connectivity index (χ2n) is 3.68. The first-order valence-electron chi connectivity index (χ1n) is 6.00. The van der Waals surface area contributed by atoms with E-state index in [1.807, 2.05) is 48.7 Å². The van der Waals surface area contributed by atoms with Gasteiger partial charge in [0, 0.05) is 18.6 Å². The molecule has 0 spiro atoms. The van der Waals surface area contributed by atoms with Crippen LogP contribution in [0.4, 0.5) is 0 Å². The third kappa shape index (κ3) is 13.8. The van der Waals surface area contributed by atoms with Crippen LogP contribution in [0.25, 0.3) is 12.2 Å². The van der Waals surface area contributed by atoms with Gasteiger partial charge >= 0.3 is 0 Å². The summed E-state index contributed by atoms with van der Waals surface area (Å²) in [6.45, 7) is 0. The zero-order valence-electron chi connectivity index (χ0n) is 11.8. The van der Waals surface area contributed by atoms with Gasteiger partial charge < -0.3 is 22.9 Å². The van der Waals surface area contributed by atoms with Gasteiger partial charge in [-0.25, -0.2) is 0 Å². The normalized spacial score (nSPS) is 8.91. The Morgan fingerprint density at radius 1 is 0.864 bits per heavy atom. The van der Waals surface area contributed by atoms with Crippen molar-refractivity contribution in [1.82, 2.24) is 9.97 Å². The van der Waals surface area contributed by atoms with E-state index in [0.29, 0.717) is 0 Å². The molecule has 0 saturated heterocycles. The third-order valence-corrected chi connectivity index (χ3v) is 1.82. The average Bonchev–Trinajstić information content (AvgIpc) is 2.46. The zero-order valence-corrected chi connectivity index (χ0v) is 13.4. The van der Waals surface area contributed by atoms with Gasteiger partial charge in [-0.05, 0) is 54.3 Å². The predicted octanol–water partition coefficient (Wildman–Crippen LogP) is 1.02. The quantitative estimate of drug-likeness (QED) is 0.599. The Kier molecular flexibility index (Phi) is 10.8. The van der Waals surface area contributed by atoms with Gasteiger partial charge in [-0.3, -0.25) is 9.97 Å². The fraction of sp³-hybridized carbons (Fsp3) is 0. The van der Waals surface area contributed by atoms with E-state index in [9.17, 15) is 0 Å². The number of aromatic nitrogens is 2. The van der Waals surface area contributed by atoms with Crippen molar-refractivity contribution in [2.75, 3.05) is 0 Å². The lowest BCUT2D eigenvalue weighted by atomic mass is 10.2. The van der Waals surface area contributed by atoms with Crippen molar-refractivity contribution in [2.45, 2.75) is 0 Å². The number of thiocarbonyl (C=S) groups is 2. The molecule has 0 atom stereocenters. The summed E-state index contributed by atoms with van der Waals surface area (Å²) >= 11 is 8.19. The van der Waals surface area contributed by atoms with Crippen LogP contribution < -0.4 is 22.9 Å². The standard InChI is InChI=1S/C12H10N2.2CH4N2S/c1-2-9-14-12(5-1)7-6-11-4-3-8-13-10-11;2*2-1(3)4/h1-10H;2*(H4,2,3,4)/b7-6+;;. The van der Waals surface area contributed by atoms with Crippen LogP contribution in [0.5, 0.6) is 0 Å². The number of hydrogen-bond acceptors (Lipinski definition) is 4. The lowest BCUT2D eigenvalue weighted by molar-refractivity contribution is 1.29. The average molecular weight is 334 g/mol. The number of hydrogen-bond donors (Lipinski definition) is 4. The van der Waals surface area contributed by atoms with E-state index in [-0.39, 0.29) is 10.2 Å². The molecule has 0 saturated carbocycles. The molecule has 8 heteroatoms. The lowest BCUT2D eigenvalue weighted by Gasteiger charge is -1.91. The van der Waals surface area contributed by atoms with Crippen LogP contribution in [0.1, 0.15) is 11.3 Å². The molecule has 8 N–H and O–H groups in total. The van der Waals surface area contributed by atoms with E-state index in [2.05, 4.69) is 57.3 Å². The summed E-state index contributed by atoms with van der Waals surface area (Å²) in [5, 5.41) is 0.000000000000000444. The highest BCUT2D eigenvalue weighted by Gasteiger charge is 1.86. The Labute approximate surface area is 140 Å². The molecule has 0 aliphatic rings. The molecule has 2 rings (SSSR count). The minimum Gasteiger partial charge on any atom is -0.377 e. The van der Waals surface area contributed by atoms with Crippen LogP contribution >= 0.6 is 24.4 Å². The second-order valence-corrected chi connectivity index (χ2v) is 4.62. The molecule has 0 amide bonds. The molecule has 2 aromatic rings. The molecular formula is C14H18N6S2. The van der Waals surface area contributed by atoms with Gasteiger partial charge in [-0.15, -0.1) is 0 Å². The first-order valence-corrected chi connectivity index (χ1v) is 6.82. The number of pyridine rings is 2. The maximum Gasteiger partial charge on any atom is 0.160 e. The molecule has 0 aliphatic carbocycles. The fourth-order valence-corrected chi connectivity index (χ4v) is 1.13. The molecule has 0 fully saturated rings. The summed E-state index contributed by atoms with van der Waals surface area (Å²) in [5.41, 5.74) is 20.5. The SMILES string of the molecule is C(=C\c1ccccn1)/c1cccnc1.NC(N)=S.NC(N)=S. The van der Waals surface area contributed by atoms with Gasteiger partial charge in [0.15, 0.2) is 10.2 Å². The second kappa shape index (κ2) is 12.2. The Bertz CT molecular complexity index is 525. The molecule has 0 aliphatic heterocycles. The monoisotopic (exact) mass is 334 g/mol. The molecule has 0 unspecified atom stereocenters. The smallest absolute Gasteiger partial charge is 0.160 e. The van der Waals surface area contributed by atoms with Crippen LogP contribution in [-0.2, 0) is 0 Å². The Morgan fingerprint density at radius 2 is 1.50 bits per heavy atom. The van der Waals surface area contributed by atoms with Crippen LogP contribution in [0.2, 0.25) is 0 Å². The molecule has 22 heavy (non-hydrogen) atoms. The van der Waals surface area contributed by atoms with Crippen molar-refractivity contribution in [2.24, 2.45) is 22.9 Å². The highest BCUT2D eigenvalue weighted by Crippen LogP contribution is 2.03. The summed E-state index contributed by atoms with van der Waals surface area (Å²) in [7, 11) is 0. The van der Waals surface area contributed by atoms with Gasteiger partial charge in [0.05, 0.1) is 5.69 Å². The summed E-state index contributed by atoms with van der Waals surface area (Å²) in [6, 6.07) is 9.76. The van der Waals surface area contributed by atoms with Gasteiger partial charge in [0.2, 0.25) is 0 Å². The van der Waals surface area contributed by atoms with Gasteiger partial charge in [0.1, 0.15) is 0 Å². The molecule has 116 valence electrons. The van der Waals surface area contributed by atoms with Crippen molar-refractivity contribution in [1.29, 1.82) is 0 Å². The first kappa shape index (κ1) is 19.4. The van der Waals surface area contributed by atoms with E-state index < -0.39 is 0 Å². The van der Waals surface area contributed by atoms with Crippen molar-refractivity contribution >= 4 is 46.8 Å². The van der Waals surface area contributed by atoms with Crippen LogP contribution in [0.3, 0.4) is 0 Å². The number of rotatable bonds is 2. The Balaban J connectivity index is 0.000000464. The molecule has 2 heterocycles. The Hall–Kier alpha value is -2.58. The van der Waals surface area contributed by atoms with Crippen molar-refractivity contribution in [3.63, 3.8) is 0 Å². The highest BCUT2D eigenvalue weighted by molar-refractivity contribution is 7.80. The number of nitrogens with two attached hydrogens (primary N) is 4. The molecule has 6 nitrogen and oxygen atoms in total. The van der Waals surface area contributed by atoms with E-state index in [1.54, 1.807) is 12.4 Å². The topological polar surface area (TPSA) is 130 Å². The summed E-state index contributed by atoms with van der Waals surface area (Å²) < 4.78 is 0. The zero-order chi connectivity index (χ0) is 16.8. The number of nitrogens with zero attached hydrogens (tertiary/aromatic N) is 2. The van der Waals surface area contributed by atoms with Gasteiger partial charge in [-0.1, -0.05) is 18.2 Å². The van der Waals surface area contributed by atoms with Crippen molar-refractivity contribution < 1.29 is 0 Å². The third-order valence-electron chi connectivity index (χ3n) is 1.82. The maximum atomic E-state index is 4.62. The van der Waals surface area contributed by atoms with E-state index in [0.717, 1.165) is 11.3 Å². The lowest BCUT2D eigenvalue weighted by Crippen LogP contribution is -2.18. The summed E-state index contributed by atoms with van der Waals surface area (Å²) in [5.74, 6) is 0. The minimum absolute atomic E-state index is 0.000000000000000222. The van der Waals surface area contributed by atoms with Crippen LogP contribution in [0.15, 0.2) is 48.9 Å². The van der Waals surface area contributed by atoms with Crippen LogP contribution in [0, 0.1) is 0 Å².